The molecule has 2 aliphatic rings. The number of aliphatic imine (C=N–C) groups is 1. The molecule has 10 nitrogen and oxygen atoms in total. The van der Waals surface area contributed by atoms with E-state index in [1.807, 2.05) is 38.3 Å². The molecule has 1 atom stereocenters. The van der Waals surface area contributed by atoms with Gasteiger partial charge in [-0.05, 0) is 32.9 Å². The first kappa shape index (κ1) is 29.6. The lowest BCUT2D eigenvalue weighted by Crippen LogP contribution is -2.49. The lowest BCUT2D eigenvalue weighted by Gasteiger charge is -2.36. The molecule has 1 fully saturated rings. The van der Waals surface area contributed by atoms with Gasteiger partial charge in [0.25, 0.3) is 0 Å². The Kier molecular flexibility index (Phi) is 10.4. The third-order valence-corrected chi connectivity index (χ3v) is 6.33. The Morgan fingerprint density at radius 2 is 1.87 bits per heavy atom. The number of anilines is 1. The van der Waals surface area contributed by atoms with Crippen LogP contribution in [0.25, 0.3) is 0 Å². The highest BCUT2D eigenvalue weighted by atomic mass is 16.6. The summed E-state index contributed by atoms with van der Waals surface area (Å²) < 4.78 is 12.5. The van der Waals surface area contributed by atoms with Gasteiger partial charge in [-0.1, -0.05) is 31.9 Å². The Labute approximate surface area is 230 Å². The fourth-order valence-corrected chi connectivity index (χ4v) is 4.43. The number of aliphatic hydroxyl groups is 1. The Balaban J connectivity index is 0.00000205. The minimum absolute atomic E-state index is 0.0477. The molecule has 1 unspecified atom stereocenters. The van der Waals surface area contributed by atoms with E-state index in [9.17, 15) is 14.7 Å². The van der Waals surface area contributed by atoms with Crippen molar-refractivity contribution >= 4 is 29.7 Å². The van der Waals surface area contributed by atoms with Gasteiger partial charge in [-0.2, -0.15) is 0 Å². The first-order chi connectivity index (χ1) is 18.8. The van der Waals surface area contributed by atoms with Crippen molar-refractivity contribution < 1.29 is 24.2 Å². The number of piperazine rings is 1. The number of amides is 1. The minimum atomic E-state index is -1.07. The van der Waals surface area contributed by atoms with Crippen LogP contribution in [0.1, 0.15) is 56.9 Å². The van der Waals surface area contributed by atoms with Crippen molar-refractivity contribution in [3.8, 4) is 17.6 Å². The van der Waals surface area contributed by atoms with Crippen LogP contribution in [-0.4, -0.2) is 83.6 Å². The predicted octanol–water partition coefficient (Wildman–Crippen LogP) is 4.06. The average Bonchev–Trinajstić information content (AvgIpc) is 3.33. The van der Waals surface area contributed by atoms with Crippen molar-refractivity contribution in [2.75, 3.05) is 44.7 Å². The molecule has 39 heavy (non-hydrogen) atoms. The molecule has 10 heteroatoms. The van der Waals surface area contributed by atoms with Gasteiger partial charge in [0, 0.05) is 37.8 Å². The van der Waals surface area contributed by atoms with Crippen LogP contribution in [0.5, 0.6) is 5.75 Å². The van der Waals surface area contributed by atoms with E-state index in [-0.39, 0.29) is 24.5 Å². The van der Waals surface area contributed by atoms with Crippen LogP contribution in [-0.2, 0) is 11.3 Å². The molecule has 2 aromatic rings. The zero-order valence-electron chi connectivity index (χ0n) is 23.7. The summed E-state index contributed by atoms with van der Waals surface area (Å²) >= 11 is 0. The number of aromatic nitrogens is 1. The largest absolute Gasteiger partial charge is 0.497 e. The standard InChI is InChI=1S/C27H33N5O5.C2H6/c1-5-6-10-32-24(29-11-13-30(14-12-29)27(35)37-19(2)3)16-22-25(32)26(34)31(18-28-22)17-23(33)20-8-7-9-21(15-20)36-4;1-2/h7-9,15-16,18-19,26,34H,10-14,17H2,1-4H3;1-2H3. The molecule has 1 saturated heterocycles. The number of carbonyl (C=O) groups is 2. The van der Waals surface area contributed by atoms with E-state index >= 15 is 0 Å². The zero-order chi connectivity index (χ0) is 28.5. The van der Waals surface area contributed by atoms with E-state index in [2.05, 4.69) is 21.7 Å². The maximum atomic E-state index is 13.0. The Bertz CT molecular complexity index is 1230. The van der Waals surface area contributed by atoms with E-state index in [1.54, 1.807) is 43.2 Å². The fraction of sp³-hybridized carbons (Fsp3) is 0.483. The van der Waals surface area contributed by atoms with Crippen LogP contribution < -0.4 is 9.64 Å². The SMILES string of the molecule is CC.CC#CCn1c(N2CCN(C(=O)OC(C)C)CC2)cc2c1C(O)N(CC(=O)c1cccc(OC)c1)C=N2. The molecule has 0 spiro atoms. The van der Waals surface area contributed by atoms with Gasteiger partial charge < -0.3 is 33.8 Å². The van der Waals surface area contributed by atoms with Crippen LogP contribution in [0, 0.1) is 11.8 Å². The van der Waals surface area contributed by atoms with Crippen molar-refractivity contribution in [2.45, 2.75) is 53.5 Å². The van der Waals surface area contributed by atoms with Crippen LogP contribution in [0.2, 0.25) is 0 Å². The van der Waals surface area contributed by atoms with Crippen molar-refractivity contribution in [3.05, 3.63) is 41.6 Å². The van der Waals surface area contributed by atoms with Gasteiger partial charge >= 0.3 is 6.09 Å². The highest BCUT2D eigenvalue weighted by Gasteiger charge is 2.32. The van der Waals surface area contributed by atoms with Crippen LogP contribution >= 0.6 is 0 Å². The first-order valence-corrected chi connectivity index (χ1v) is 13.3. The monoisotopic (exact) mass is 537 g/mol. The maximum Gasteiger partial charge on any atom is 0.410 e. The number of hydrogen-bond acceptors (Lipinski definition) is 8. The van der Waals surface area contributed by atoms with E-state index in [1.165, 1.54) is 11.2 Å². The average molecular weight is 538 g/mol. The number of hydrogen-bond donors (Lipinski definition) is 1. The summed E-state index contributed by atoms with van der Waals surface area (Å²) in [5.41, 5.74) is 1.71. The Morgan fingerprint density at radius 3 is 2.51 bits per heavy atom. The molecule has 3 heterocycles. The molecule has 1 amide bonds. The third-order valence-electron chi connectivity index (χ3n) is 6.33. The highest BCUT2D eigenvalue weighted by molar-refractivity contribution is 5.99. The molecular weight excluding hydrogens is 498 g/mol. The third kappa shape index (κ3) is 6.92. The summed E-state index contributed by atoms with van der Waals surface area (Å²) in [4.78, 5) is 35.2. The van der Waals surface area contributed by atoms with E-state index in [0.717, 1.165) is 5.82 Å². The smallest absolute Gasteiger partial charge is 0.410 e. The van der Waals surface area contributed by atoms with Crippen molar-refractivity contribution in [2.24, 2.45) is 4.99 Å². The molecule has 2 aliphatic heterocycles. The molecule has 1 N–H and O–H groups in total. The van der Waals surface area contributed by atoms with Gasteiger partial charge in [-0.3, -0.25) is 4.79 Å². The number of carbonyl (C=O) groups excluding carboxylic acids is 2. The van der Waals surface area contributed by atoms with E-state index < -0.39 is 6.23 Å². The molecule has 0 saturated carbocycles. The number of fused-ring (bicyclic) bond motifs is 1. The van der Waals surface area contributed by atoms with E-state index in [4.69, 9.17) is 9.47 Å². The van der Waals surface area contributed by atoms with Crippen LogP contribution in [0.15, 0.2) is 35.3 Å². The molecule has 1 aromatic heterocycles. The van der Waals surface area contributed by atoms with Gasteiger partial charge in [-0.25, -0.2) is 9.79 Å². The predicted molar refractivity (Wildman–Crippen MR) is 152 cm³/mol. The molecule has 0 aliphatic carbocycles. The zero-order valence-corrected chi connectivity index (χ0v) is 23.7. The number of rotatable bonds is 7. The number of nitrogens with zero attached hydrogens (tertiary/aromatic N) is 5. The first-order valence-electron chi connectivity index (χ1n) is 13.3. The van der Waals surface area contributed by atoms with Gasteiger partial charge in [0.05, 0.1) is 44.0 Å². The van der Waals surface area contributed by atoms with Crippen molar-refractivity contribution in [1.29, 1.82) is 0 Å². The number of benzene rings is 1. The summed E-state index contributed by atoms with van der Waals surface area (Å²) in [6.45, 7) is 12.0. The number of Topliss-reactive ketones (excluding diaryl/α,β-unsaturated/α-hetero) is 1. The second-order valence-electron chi connectivity index (χ2n) is 9.14. The Morgan fingerprint density at radius 1 is 1.15 bits per heavy atom. The second-order valence-corrected chi connectivity index (χ2v) is 9.14. The van der Waals surface area contributed by atoms with Gasteiger partial charge in [0.2, 0.25) is 0 Å². The molecule has 0 bridgehead atoms. The van der Waals surface area contributed by atoms with Gasteiger partial charge in [-0.15, -0.1) is 5.92 Å². The lowest BCUT2D eigenvalue weighted by atomic mass is 10.1. The highest BCUT2D eigenvalue weighted by Crippen LogP contribution is 2.38. The number of ether oxygens (including phenoxy) is 2. The number of ketones is 1. The number of aliphatic hydroxyl groups excluding tert-OH is 1. The summed E-state index contributed by atoms with van der Waals surface area (Å²) in [6.07, 6.45) is -0.0422. The minimum Gasteiger partial charge on any atom is -0.497 e. The van der Waals surface area contributed by atoms with Crippen molar-refractivity contribution in [1.82, 2.24) is 14.4 Å². The summed E-state index contributed by atoms with van der Waals surface area (Å²) in [5, 5.41) is 11.3. The summed E-state index contributed by atoms with van der Waals surface area (Å²) in [5.74, 6) is 7.29. The summed E-state index contributed by atoms with van der Waals surface area (Å²) in [7, 11) is 1.55. The lowest BCUT2D eigenvalue weighted by molar-refractivity contribution is 0.0446. The topological polar surface area (TPSA) is 99.8 Å². The molecule has 4 rings (SSSR count). The Hall–Kier alpha value is -3.97. The molecule has 210 valence electrons. The number of methoxy groups -OCH3 is 1. The molecule has 0 radical (unpaired) electrons. The molecule has 1 aromatic carbocycles. The second kappa shape index (κ2) is 13.7. The van der Waals surface area contributed by atoms with E-state index in [0.29, 0.717) is 55.4 Å². The van der Waals surface area contributed by atoms with Crippen molar-refractivity contribution in [3.63, 3.8) is 0 Å². The van der Waals surface area contributed by atoms with Crippen LogP contribution in [0.3, 0.4) is 0 Å². The van der Waals surface area contributed by atoms with Crippen LogP contribution in [0.4, 0.5) is 16.3 Å². The fourth-order valence-electron chi connectivity index (χ4n) is 4.43. The van der Waals surface area contributed by atoms with Gasteiger partial charge in [0.15, 0.2) is 12.0 Å². The van der Waals surface area contributed by atoms with Gasteiger partial charge in [0.1, 0.15) is 11.6 Å². The summed E-state index contributed by atoms with van der Waals surface area (Å²) in [6, 6.07) is 8.85. The quantitative estimate of drug-likeness (QED) is 0.420. The maximum absolute atomic E-state index is 13.0. The molecular formula is C29H39N5O5. The normalized spacial score (nSPS) is 16.1.